The second kappa shape index (κ2) is 3.33. The van der Waals surface area contributed by atoms with Gasteiger partial charge in [0.05, 0.1) is 0 Å². The molecule has 2 heteroatoms. The Bertz CT molecular complexity index is 105. The number of halogens is 1. The first kappa shape index (κ1) is 7.99. The summed E-state index contributed by atoms with van der Waals surface area (Å²) in [5, 5.41) is 8.73. The van der Waals surface area contributed by atoms with Crippen molar-refractivity contribution in [3.63, 3.8) is 0 Å². The molecule has 1 rings (SSSR count). The summed E-state index contributed by atoms with van der Waals surface area (Å²) in [6.07, 6.45) is 1.83. The zero-order valence-corrected chi connectivity index (χ0v) is 6.39. The van der Waals surface area contributed by atoms with Crippen molar-refractivity contribution >= 4 is 0 Å². The molecule has 1 aliphatic rings. The predicted octanol–water partition coefficient (Wildman–Crippen LogP) is 1.75. The molecule has 0 radical (unpaired) electrons. The molecule has 0 heterocycles. The molecule has 1 nitrogen and oxygen atoms in total. The number of aliphatic hydroxyl groups excluding tert-OH is 1. The summed E-state index contributed by atoms with van der Waals surface area (Å²) >= 11 is 0. The molecule has 60 valence electrons. The Hall–Kier alpha value is -0.110. The van der Waals surface area contributed by atoms with Crippen molar-refractivity contribution in [2.75, 3.05) is 6.61 Å². The average molecular weight is 146 g/mol. The van der Waals surface area contributed by atoms with Crippen LogP contribution in [0.5, 0.6) is 0 Å². The topological polar surface area (TPSA) is 20.2 Å². The summed E-state index contributed by atoms with van der Waals surface area (Å²) in [7, 11) is 0. The minimum atomic E-state index is -0.675. The van der Waals surface area contributed by atoms with Gasteiger partial charge in [-0.25, -0.2) is 4.39 Å². The van der Waals surface area contributed by atoms with E-state index in [9.17, 15) is 4.39 Å². The van der Waals surface area contributed by atoms with Crippen LogP contribution in [-0.4, -0.2) is 17.9 Å². The van der Waals surface area contributed by atoms with Gasteiger partial charge in [0.1, 0.15) is 6.17 Å². The van der Waals surface area contributed by atoms with Crippen LogP contribution in [-0.2, 0) is 0 Å². The van der Waals surface area contributed by atoms with Crippen molar-refractivity contribution in [1.82, 2.24) is 0 Å². The van der Waals surface area contributed by atoms with Crippen molar-refractivity contribution in [3.8, 4) is 0 Å². The van der Waals surface area contributed by atoms with E-state index in [-0.39, 0.29) is 18.4 Å². The molecular weight excluding hydrogens is 131 g/mol. The molecule has 3 atom stereocenters. The van der Waals surface area contributed by atoms with Crippen LogP contribution in [0.15, 0.2) is 0 Å². The lowest BCUT2D eigenvalue weighted by Gasteiger charge is -2.27. The minimum absolute atomic E-state index is 0.160. The fourth-order valence-corrected chi connectivity index (χ4v) is 1.51. The molecule has 0 aliphatic heterocycles. The van der Waals surface area contributed by atoms with E-state index in [1.165, 1.54) is 0 Å². The lowest BCUT2D eigenvalue weighted by atomic mass is 9.82. The van der Waals surface area contributed by atoms with E-state index in [0.717, 1.165) is 12.8 Å². The molecule has 1 aliphatic carbocycles. The number of hydrogen-bond donors (Lipinski definition) is 1. The van der Waals surface area contributed by atoms with Crippen molar-refractivity contribution in [3.05, 3.63) is 0 Å². The second-order valence-corrected chi connectivity index (χ2v) is 3.35. The summed E-state index contributed by atoms with van der Waals surface area (Å²) in [6.45, 7) is 2.10. The zero-order valence-electron chi connectivity index (χ0n) is 6.39. The summed E-state index contributed by atoms with van der Waals surface area (Å²) in [4.78, 5) is 0. The van der Waals surface area contributed by atoms with Gasteiger partial charge in [-0.1, -0.05) is 6.92 Å². The molecule has 1 fully saturated rings. The van der Waals surface area contributed by atoms with Crippen molar-refractivity contribution in [2.24, 2.45) is 11.8 Å². The standard InChI is InChI=1S/C8H15FO/c1-6-2-3-7(5-10)4-8(6)9/h6-8,10H,2-5H2,1H3. The Morgan fingerprint density at radius 1 is 1.50 bits per heavy atom. The lowest BCUT2D eigenvalue weighted by Crippen LogP contribution is -2.25. The SMILES string of the molecule is CC1CCC(CO)CC1F. The van der Waals surface area contributed by atoms with Crippen LogP contribution < -0.4 is 0 Å². The van der Waals surface area contributed by atoms with Gasteiger partial charge in [0.2, 0.25) is 0 Å². The number of rotatable bonds is 1. The fourth-order valence-electron chi connectivity index (χ4n) is 1.51. The summed E-state index contributed by atoms with van der Waals surface area (Å²) in [5.41, 5.74) is 0. The molecule has 0 bridgehead atoms. The van der Waals surface area contributed by atoms with E-state index in [4.69, 9.17) is 5.11 Å². The Morgan fingerprint density at radius 3 is 2.70 bits per heavy atom. The molecule has 0 aromatic heterocycles. The molecule has 0 aromatic rings. The Labute approximate surface area is 61.2 Å². The van der Waals surface area contributed by atoms with Crippen LogP contribution in [0, 0.1) is 11.8 Å². The van der Waals surface area contributed by atoms with Crippen LogP contribution in [0.2, 0.25) is 0 Å². The summed E-state index contributed by atoms with van der Waals surface area (Å²) in [5.74, 6) is 0.439. The highest BCUT2D eigenvalue weighted by atomic mass is 19.1. The third-order valence-electron chi connectivity index (χ3n) is 2.46. The van der Waals surface area contributed by atoms with Crippen LogP contribution in [0.3, 0.4) is 0 Å². The zero-order chi connectivity index (χ0) is 7.56. The number of aliphatic hydroxyl groups is 1. The fraction of sp³-hybridized carbons (Fsp3) is 1.00. The third kappa shape index (κ3) is 1.69. The van der Waals surface area contributed by atoms with Gasteiger partial charge in [0.15, 0.2) is 0 Å². The minimum Gasteiger partial charge on any atom is -0.396 e. The van der Waals surface area contributed by atoms with E-state index >= 15 is 0 Å². The van der Waals surface area contributed by atoms with Gasteiger partial charge >= 0.3 is 0 Å². The normalized spacial score (nSPS) is 41.7. The van der Waals surface area contributed by atoms with Gasteiger partial charge in [-0.2, -0.15) is 0 Å². The monoisotopic (exact) mass is 146 g/mol. The van der Waals surface area contributed by atoms with Gasteiger partial charge in [-0.05, 0) is 31.1 Å². The molecule has 1 N–H and O–H groups in total. The highest BCUT2D eigenvalue weighted by Crippen LogP contribution is 2.30. The average Bonchev–Trinajstić information content (AvgIpc) is 1.95. The van der Waals surface area contributed by atoms with E-state index in [2.05, 4.69) is 0 Å². The number of hydrogen-bond acceptors (Lipinski definition) is 1. The molecule has 10 heavy (non-hydrogen) atoms. The van der Waals surface area contributed by atoms with Crippen molar-refractivity contribution < 1.29 is 9.50 Å². The highest BCUT2D eigenvalue weighted by Gasteiger charge is 2.26. The molecule has 0 amide bonds. The molecule has 3 unspecified atom stereocenters. The summed E-state index contributed by atoms with van der Waals surface area (Å²) in [6, 6.07) is 0. The molecule has 1 saturated carbocycles. The van der Waals surface area contributed by atoms with Gasteiger partial charge < -0.3 is 5.11 Å². The maximum absolute atomic E-state index is 12.9. The van der Waals surface area contributed by atoms with E-state index in [1.807, 2.05) is 6.92 Å². The maximum Gasteiger partial charge on any atom is 0.103 e. The molecule has 0 aromatic carbocycles. The first-order valence-electron chi connectivity index (χ1n) is 3.99. The third-order valence-corrected chi connectivity index (χ3v) is 2.46. The maximum atomic E-state index is 12.9. The van der Waals surface area contributed by atoms with E-state index < -0.39 is 6.17 Å². The largest absolute Gasteiger partial charge is 0.396 e. The Kier molecular flexibility index (Phi) is 2.66. The van der Waals surface area contributed by atoms with E-state index in [1.54, 1.807) is 0 Å². The van der Waals surface area contributed by atoms with Gasteiger partial charge in [-0.15, -0.1) is 0 Å². The van der Waals surface area contributed by atoms with Gasteiger partial charge in [0.25, 0.3) is 0 Å². The quantitative estimate of drug-likeness (QED) is 0.597. The van der Waals surface area contributed by atoms with Crippen molar-refractivity contribution in [1.29, 1.82) is 0 Å². The Balaban J connectivity index is 2.33. The number of alkyl halides is 1. The highest BCUT2D eigenvalue weighted by molar-refractivity contribution is 4.76. The molecular formula is C8H15FO. The predicted molar refractivity (Wildman–Crippen MR) is 38.5 cm³/mol. The van der Waals surface area contributed by atoms with Gasteiger partial charge in [0, 0.05) is 6.61 Å². The first-order valence-corrected chi connectivity index (χ1v) is 3.99. The van der Waals surface area contributed by atoms with Gasteiger partial charge in [-0.3, -0.25) is 0 Å². The smallest absolute Gasteiger partial charge is 0.103 e. The molecule has 0 saturated heterocycles. The van der Waals surface area contributed by atoms with Crippen molar-refractivity contribution in [2.45, 2.75) is 32.4 Å². The summed E-state index contributed by atoms with van der Waals surface area (Å²) < 4.78 is 12.9. The van der Waals surface area contributed by atoms with Crippen LogP contribution in [0.1, 0.15) is 26.2 Å². The van der Waals surface area contributed by atoms with Crippen LogP contribution >= 0.6 is 0 Å². The molecule has 0 spiro atoms. The lowest BCUT2D eigenvalue weighted by molar-refractivity contribution is 0.0982. The first-order chi connectivity index (χ1) is 4.74. The van der Waals surface area contributed by atoms with Crippen LogP contribution in [0.25, 0.3) is 0 Å². The van der Waals surface area contributed by atoms with E-state index in [0.29, 0.717) is 6.42 Å². The Morgan fingerprint density at radius 2 is 2.20 bits per heavy atom. The van der Waals surface area contributed by atoms with Crippen LogP contribution in [0.4, 0.5) is 4.39 Å². The second-order valence-electron chi connectivity index (χ2n) is 3.35.